The summed E-state index contributed by atoms with van der Waals surface area (Å²) >= 11 is 0. The van der Waals surface area contributed by atoms with Gasteiger partial charge in [0.15, 0.2) is 0 Å². The van der Waals surface area contributed by atoms with Crippen molar-refractivity contribution in [2.24, 2.45) is 0 Å². The van der Waals surface area contributed by atoms with Gasteiger partial charge in [0.2, 0.25) is 0 Å². The maximum Gasteiger partial charge on any atom is 0.137 e. The number of pyridine rings is 1. The van der Waals surface area contributed by atoms with E-state index in [0.717, 1.165) is 30.9 Å². The molecule has 0 N–H and O–H groups in total. The summed E-state index contributed by atoms with van der Waals surface area (Å²) in [4.78, 5) is 4.19. The maximum atomic E-state index is 5.62. The lowest BCUT2D eigenvalue weighted by atomic mass is 10.1. The van der Waals surface area contributed by atoms with Crippen molar-refractivity contribution in [1.82, 2.24) is 4.98 Å². The van der Waals surface area contributed by atoms with Crippen LogP contribution in [0.2, 0.25) is 0 Å². The van der Waals surface area contributed by atoms with E-state index in [1.165, 1.54) is 5.57 Å². The molecule has 0 aliphatic heterocycles. The second kappa shape index (κ2) is 16.5. The molecule has 0 saturated carbocycles. The molecule has 2 nitrogen and oxygen atoms in total. The van der Waals surface area contributed by atoms with Gasteiger partial charge in [0.25, 0.3) is 0 Å². The van der Waals surface area contributed by atoms with Crippen molar-refractivity contribution in [2.75, 3.05) is 6.61 Å². The number of rotatable bonds is 6. The molecule has 0 fully saturated rings. The van der Waals surface area contributed by atoms with E-state index < -0.39 is 0 Å². The Morgan fingerprint density at radius 3 is 2.29 bits per heavy atom. The number of hydrogen-bond donors (Lipinski definition) is 0. The highest BCUT2D eigenvalue weighted by molar-refractivity contribution is 5.19. The van der Waals surface area contributed by atoms with Crippen LogP contribution in [0.1, 0.15) is 60.1 Å². The van der Waals surface area contributed by atoms with E-state index >= 15 is 0 Å². The van der Waals surface area contributed by atoms with E-state index in [1.54, 1.807) is 6.20 Å². The third-order valence-electron chi connectivity index (χ3n) is 2.51. The van der Waals surface area contributed by atoms with E-state index in [2.05, 4.69) is 30.1 Å². The molecule has 0 amide bonds. The van der Waals surface area contributed by atoms with Gasteiger partial charge in [0, 0.05) is 5.69 Å². The van der Waals surface area contributed by atoms with Crippen molar-refractivity contribution in [3.8, 4) is 5.75 Å². The van der Waals surface area contributed by atoms with Crippen LogP contribution in [0, 0.1) is 6.92 Å². The van der Waals surface area contributed by atoms with E-state index in [-0.39, 0.29) is 0 Å². The van der Waals surface area contributed by atoms with Crippen LogP contribution in [0.4, 0.5) is 0 Å². The molecule has 0 aliphatic carbocycles. The number of allylic oxidation sites excluding steroid dienone is 4. The lowest BCUT2D eigenvalue weighted by Gasteiger charge is -2.06. The molecular formula is C19H33NO. The predicted molar refractivity (Wildman–Crippen MR) is 95.0 cm³/mol. The zero-order valence-corrected chi connectivity index (χ0v) is 14.9. The number of hydrogen-bond acceptors (Lipinski definition) is 2. The van der Waals surface area contributed by atoms with E-state index in [9.17, 15) is 0 Å². The molecule has 0 aliphatic rings. The fourth-order valence-corrected chi connectivity index (χ4v) is 1.54. The smallest absolute Gasteiger partial charge is 0.137 e. The van der Waals surface area contributed by atoms with Crippen LogP contribution in [0.5, 0.6) is 5.75 Å². The van der Waals surface area contributed by atoms with Crippen molar-refractivity contribution in [2.45, 2.75) is 61.3 Å². The Balaban J connectivity index is 0. The molecule has 1 aromatic heterocycles. The Morgan fingerprint density at radius 1 is 1.14 bits per heavy atom. The molecule has 0 spiro atoms. The average molecular weight is 291 g/mol. The van der Waals surface area contributed by atoms with Crippen LogP contribution in [-0.4, -0.2) is 11.6 Å². The second-order valence-corrected chi connectivity index (χ2v) is 3.95. The highest BCUT2D eigenvalue weighted by Gasteiger charge is 1.95. The summed E-state index contributed by atoms with van der Waals surface area (Å²) in [5.74, 6) is 0.851. The number of ether oxygens (including phenoxy) is 1. The molecule has 0 saturated heterocycles. The van der Waals surface area contributed by atoms with E-state index in [0.29, 0.717) is 0 Å². The third-order valence-corrected chi connectivity index (χ3v) is 2.51. The van der Waals surface area contributed by atoms with Crippen molar-refractivity contribution >= 4 is 0 Å². The summed E-state index contributed by atoms with van der Waals surface area (Å²) in [6, 6.07) is 3.93. The van der Waals surface area contributed by atoms with Crippen LogP contribution in [0.25, 0.3) is 0 Å². The lowest BCUT2D eigenvalue weighted by molar-refractivity contribution is 0.310. The zero-order valence-electron chi connectivity index (χ0n) is 14.9. The largest absolute Gasteiger partial charge is 0.492 e. The minimum Gasteiger partial charge on any atom is -0.492 e. The number of aryl methyl sites for hydroxylation is 1. The lowest BCUT2D eigenvalue weighted by Crippen LogP contribution is -1.98. The van der Waals surface area contributed by atoms with Crippen molar-refractivity contribution in [1.29, 1.82) is 0 Å². The van der Waals surface area contributed by atoms with Gasteiger partial charge in [-0.25, -0.2) is 0 Å². The first-order chi connectivity index (χ1) is 10.3. The second-order valence-electron chi connectivity index (χ2n) is 3.95. The molecule has 1 heterocycles. The molecule has 0 atom stereocenters. The van der Waals surface area contributed by atoms with Crippen molar-refractivity contribution < 1.29 is 4.74 Å². The van der Waals surface area contributed by atoms with Gasteiger partial charge in [-0.2, -0.15) is 0 Å². The Bertz CT molecular complexity index is 377. The SMILES string of the molecule is CC.CC.CC=C(/C=C\C)CCCOc1ccc(C)nc1. The molecule has 2 heteroatoms. The van der Waals surface area contributed by atoms with Gasteiger partial charge in [0.05, 0.1) is 12.8 Å². The van der Waals surface area contributed by atoms with E-state index in [1.807, 2.05) is 53.7 Å². The fourth-order valence-electron chi connectivity index (χ4n) is 1.54. The summed E-state index contributed by atoms with van der Waals surface area (Å²) in [6.45, 7) is 14.8. The van der Waals surface area contributed by atoms with Crippen LogP contribution in [0.15, 0.2) is 42.1 Å². The molecule has 0 unspecified atom stereocenters. The van der Waals surface area contributed by atoms with Crippen LogP contribution in [-0.2, 0) is 0 Å². The molecule has 1 rings (SSSR count). The normalized spacial score (nSPS) is 10.3. The monoisotopic (exact) mass is 291 g/mol. The maximum absolute atomic E-state index is 5.62. The van der Waals surface area contributed by atoms with E-state index in [4.69, 9.17) is 4.74 Å². The summed E-state index contributed by atoms with van der Waals surface area (Å²) in [6.07, 6.45) is 10.2. The summed E-state index contributed by atoms with van der Waals surface area (Å²) < 4.78 is 5.62. The van der Waals surface area contributed by atoms with Crippen LogP contribution in [0.3, 0.4) is 0 Å². The van der Waals surface area contributed by atoms with Gasteiger partial charge in [-0.1, -0.05) is 51.5 Å². The van der Waals surface area contributed by atoms with Gasteiger partial charge >= 0.3 is 0 Å². The fraction of sp³-hybridized carbons (Fsp3) is 0.526. The molecule has 0 radical (unpaired) electrons. The van der Waals surface area contributed by atoms with Gasteiger partial charge < -0.3 is 4.74 Å². The Hall–Kier alpha value is -1.57. The van der Waals surface area contributed by atoms with Crippen LogP contribution >= 0.6 is 0 Å². The predicted octanol–water partition coefficient (Wildman–Crippen LogP) is 6.12. The number of nitrogens with zero attached hydrogens (tertiary/aromatic N) is 1. The van der Waals surface area contributed by atoms with Crippen molar-refractivity contribution in [3.63, 3.8) is 0 Å². The molecule has 0 aromatic carbocycles. The van der Waals surface area contributed by atoms with Gasteiger partial charge in [-0.3, -0.25) is 4.98 Å². The van der Waals surface area contributed by atoms with Crippen molar-refractivity contribution in [3.05, 3.63) is 47.8 Å². The Kier molecular flexibility index (Phi) is 17.1. The summed E-state index contributed by atoms with van der Waals surface area (Å²) in [5, 5.41) is 0. The van der Waals surface area contributed by atoms with Gasteiger partial charge in [-0.05, 0) is 45.7 Å². The number of aromatic nitrogens is 1. The van der Waals surface area contributed by atoms with Gasteiger partial charge in [0.1, 0.15) is 5.75 Å². The quantitative estimate of drug-likeness (QED) is 0.465. The third kappa shape index (κ3) is 11.9. The molecule has 0 bridgehead atoms. The summed E-state index contributed by atoms with van der Waals surface area (Å²) in [7, 11) is 0. The molecule has 1 aromatic rings. The first-order valence-corrected chi connectivity index (χ1v) is 8.09. The van der Waals surface area contributed by atoms with Gasteiger partial charge in [-0.15, -0.1) is 0 Å². The minimum atomic E-state index is 0.736. The minimum absolute atomic E-state index is 0.736. The Labute approximate surface area is 132 Å². The molecule has 120 valence electrons. The van der Waals surface area contributed by atoms with Crippen LogP contribution < -0.4 is 4.74 Å². The topological polar surface area (TPSA) is 22.1 Å². The average Bonchev–Trinajstić information content (AvgIpc) is 2.56. The standard InChI is InChI=1S/C15H21NO.2C2H6/c1-4-7-14(5-2)8-6-11-17-15-10-9-13(3)16-12-15;2*1-2/h4-5,7,9-10,12H,6,8,11H2,1-3H3;2*1-2H3/b7-4-,14-5?;;. The Morgan fingerprint density at radius 2 is 1.81 bits per heavy atom. The first-order valence-electron chi connectivity index (χ1n) is 8.09. The molecule has 21 heavy (non-hydrogen) atoms. The first kappa shape index (κ1) is 21.7. The highest BCUT2D eigenvalue weighted by atomic mass is 16.5. The highest BCUT2D eigenvalue weighted by Crippen LogP contribution is 2.11. The zero-order chi connectivity index (χ0) is 16.5. The summed E-state index contributed by atoms with van der Waals surface area (Å²) in [5.41, 5.74) is 2.37. The molecular weight excluding hydrogens is 258 g/mol.